The molecule has 22 heavy (non-hydrogen) atoms. The lowest BCUT2D eigenvalue weighted by Gasteiger charge is -2.28. The third-order valence-electron chi connectivity index (χ3n) is 4.48. The highest BCUT2D eigenvalue weighted by Gasteiger charge is 2.33. The first-order chi connectivity index (χ1) is 10.6. The summed E-state index contributed by atoms with van der Waals surface area (Å²) < 4.78 is 0. The van der Waals surface area contributed by atoms with Gasteiger partial charge in [-0.05, 0) is 44.4 Å². The highest BCUT2D eigenvalue weighted by molar-refractivity contribution is 7.13. The van der Waals surface area contributed by atoms with Gasteiger partial charge >= 0.3 is 5.97 Å². The Bertz CT molecular complexity index is 666. The molecular formula is C17H20N2O2S. The highest BCUT2D eigenvalue weighted by atomic mass is 32.1. The Balaban J connectivity index is 1.81. The molecule has 0 saturated carbocycles. The van der Waals surface area contributed by atoms with E-state index in [9.17, 15) is 9.90 Å². The highest BCUT2D eigenvalue weighted by Crippen LogP contribution is 2.32. The Labute approximate surface area is 134 Å². The van der Waals surface area contributed by atoms with Crippen molar-refractivity contribution in [3.63, 3.8) is 0 Å². The minimum atomic E-state index is -0.707. The van der Waals surface area contributed by atoms with E-state index in [-0.39, 0.29) is 12.1 Å². The summed E-state index contributed by atoms with van der Waals surface area (Å²) in [5, 5.41) is 9.33. The van der Waals surface area contributed by atoms with Crippen LogP contribution in [0.3, 0.4) is 0 Å². The Kier molecular flexibility index (Phi) is 4.27. The molecule has 1 N–H and O–H groups in total. The van der Waals surface area contributed by atoms with Crippen LogP contribution in [0.4, 0.5) is 0 Å². The topological polar surface area (TPSA) is 53.4 Å². The van der Waals surface area contributed by atoms with Gasteiger partial charge in [-0.1, -0.05) is 24.3 Å². The zero-order valence-corrected chi connectivity index (χ0v) is 13.6. The summed E-state index contributed by atoms with van der Waals surface area (Å²) in [5.74, 6) is -0.707. The Morgan fingerprint density at radius 2 is 2.14 bits per heavy atom. The summed E-state index contributed by atoms with van der Waals surface area (Å²) in [7, 11) is 0. The molecular weight excluding hydrogens is 296 g/mol. The third kappa shape index (κ3) is 2.78. The number of carboxylic acids is 1. The number of aryl methyl sites for hydroxylation is 1. The Hall–Kier alpha value is -1.72. The van der Waals surface area contributed by atoms with Crippen molar-refractivity contribution in [2.24, 2.45) is 0 Å². The maximum atomic E-state index is 11.3. The van der Waals surface area contributed by atoms with Crippen LogP contribution in [0.5, 0.6) is 0 Å². The number of rotatable bonds is 4. The molecule has 0 bridgehead atoms. The molecule has 1 fully saturated rings. The zero-order chi connectivity index (χ0) is 15.7. The summed E-state index contributed by atoms with van der Waals surface area (Å²) in [4.78, 5) is 18.9. The van der Waals surface area contributed by atoms with Gasteiger partial charge in [-0.3, -0.25) is 9.69 Å². The van der Waals surface area contributed by atoms with Crippen LogP contribution in [-0.4, -0.2) is 33.5 Å². The molecule has 5 heteroatoms. The van der Waals surface area contributed by atoms with Crippen LogP contribution in [0.15, 0.2) is 29.8 Å². The number of aliphatic carboxylic acids is 1. The molecule has 0 spiro atoms. The second-order valence-corrected chi connectivity index (χ2v) is 6.65. The van der Waals surface area contributed by atoms with Crippen molar-refractivity contribution in [1.82, 2.24) is 9.88 Å². The van der Waals surface area contributed by atoms with Gasteiger partial charge in [-0.2, -0.15) is 0 Å². The number of thiazole rings is 1. The van der Waals surface area contributed by atoms with E-state index in [1.165, 1.54) is 16.0 Å². The van der Waals surface area contributed by atoms with E-state index in [0.29, 0.717) is 0 Å². The van der Waals surface area contributed by atoms with E-state index < -0.39 is 5.97 Å². The van der Waals surface area contributed by atoms with Gasteiger partial charge in [0, 0.05) is 6.04 Å². The molecule has 1 aliphatic heterocycles. The fourth-order valence-electron chi connectivity index (χ4n) is 3.20. The summed E-state index contributed by atoms with van der Waals surface area (Å²) >= 11 is 1.65. The smallest absolute Gasteiger partial charge is 0.320 e. The number of carboxylic acid groups (broad SMARTS) is 1. The number of aromatic nitrogens is 1. The number of carbonyl (C=O) groups is 1. The predicted molar refractivity (Wildman–Crippen MR) is 88.1 cm³/mol. The summed E-state index contributed by atoms with van der Waals surface area (Å²) in [6.07, 6.45) is 1.71. The molecule has 1 aromatic carbocycles. The van der Waals surface area contributed by atoms with Crippen molar-refractivity contribution < 1.29 is 9.90 Å². The van der Waals surface area contributed by atoms with Gasteiger partial charge in [-0.15, -0.1) is 11.3 Å². The van der Waals surface area contributed by atoms with Crippen LogP contribution in [0.1, 0.15) is 37.1 Å². The van der Waals surface area contributed by atoms with Crippen molar-refractivity contribution in [3.8, 4) is 10.4 Å². The third-order valence-corrected chi connectivity index (χ3v) is 5.46. The first-order valence-corrected chi connectivity index (χ1v) is 8.45. The number of hydrogen-bond donors (Lipinski definition) is 1. The Morgan fingerprint density at radius 1 is 1.41 bits per heavy atom. The summed E-state index contributed by atoms with van der Waals surface area (Å²) in [6, 6.07) is 8.21. The largest absolute Gasteiger partial charge is 0.480 e. The van der Waals surface area contributed by atoms with Crippen molar-refractivity contribution in [1.29, 1.82) is 0 Å². The molecule has 3 rings (SSSR count). The van der Waals surface area contributed by atoms with Gasteiger partial charge < -0.3 is 5.11 Å². The molecule has 116 valence electrons. The average molecular weight is 316 g/mol. The lowest BCUT2D eigenvalue weighted by molar-refractivity contribution is -0.142. The fraction of sp³-hybridized carbons (Fsp3) is 0.412. The van der Waals surface area contributed by atoms with Gasteiger partial charge in [0.15, 0.2) is 0 Å². The standard InChI is InChI=1S/C17H20N2O2S/c1-11-16(22-10-18-11)14-7-5-13(6-8-14)12(2)19-9-3-4-15(19)17(20)21/h5-8,10,12,15H,3-4,9H2,1-2H3,(H,20,21)/t12-,15?/m0/s1. The maximum Gasteiger partial charge on any atom is 0.320 e. The lowest BCUT2D eigenvalue weighted by atomic mass is 10.0. The number of hydrogen-bond acceptors (Lipinski definition) is 4. The van der Waals surface area contributed by atoms with Crippen LogP contribution in [0, 0.1) is 6.92 Å². The molecule has 2 atom stereocenters. The van der Waals surface area contributed by atoms with Crippen LogP contribution in [0.2, 0.25) is 0 Å². The lowest BCUT2D eigenvalue weighted by Crippen LogP contribution is -2.37. The first-order valence-electron chi connectivity index (χ1n) is 7.57. The zero-order valence-electron chi connectivity index (χ0n) is 12.8. The molecule has 2 aromatic rings. The fourth-order valence-corrected chi connectivity index (χ4v) is 4.01. The predicted octanol–water partition coefficient (Wildman–Crippen LogP) is 3.73. The van der Waals surface area contributed by atoms with Gasteiger partial charge in [0.2, 0.25) is 0 Å². The monoisotopic (exact) mass is 316 g/mol. The first kappa shape index (κ1) is 15.2. The van der Waals surface area contributed by atoms with E-state index in [2.05, 4.69) is 41.1 Å². The van der Waals surface area contributed by atoms with Crippen molar-refractivity contribution in [2.45, 2.75) is 38.8 Å². The second-order valence-electron chi connectivity index (χ2n) is 5.80. The van der Waals surface area contributed by atoms with E-state index in [0.717, 1.165) is 25.1 Å². The normalized spacial score (nSPS) is 20.2. The van der Waals surface area contributed by atoms with E-state index in [1.807, 2.05) is 12.4 Å². The second kappa shape index (κ2) is 6.18. The number of likely N-dealkylation sites (tertiary alicyclic amines) is 1. The van der Waals surface area contributed by atoms with Gasteiger partial charge in [0.1, 0.15) is 6.04 Å². The van der Waals surface area contributed by atoms with Gasteiger partial charge in [0.05, 0.1) is 16.1 Å². The molecule has 1 saturated heterocycles. The molecule has 1 aromatic heterocycles. The minimum Gasteiger partial charge on any atom is -0.480 e. The van der Waals surface area contributed by atoms with Crippen LogP contribution in [-0.2, 0) is 4.79 Å². The quantitative estimate of drug-likeness (QED) is 0.934. The SMILES string of the molecule is Cc1ncsc1-c1ccc([C@H](C)N2CCCC2C(=O)O)cc1. The van der Waals surface area contributed by atoms with E-state index in [1.54, 1.807) is 11.3 Å². The number of nitrogens with zero attached hydrogens (tertiary/aromatic N) is 2. The molecule has 1 aliphatic rings. The van der Waals surface area contributed by atoms with E-state index >= 15 is 0 Å². The molecule has 2 heterocycles. The summed E-state index contributed by atoms with van der Waals surface area (Å²) in [5.41, 5.74) is 5.26. The number of benzene rings is 1. The van der Waals surface area contributed by atoms with Crippen molar-refractivity contribution in [3.05, 3.63) is 41.0 Å². The van der Waals surface area contributed by atoms with Crippen LogP contribution >= 0.6 is 11.3 Å². The van der Waals surface area contributed by atoms with Gasteiger partial charge in [-0.25, -0.2) is 4.98 Å². The van der Waals surface area contributed by atoms with Gasteiger partial charge in [0.25, 0.3) is 0 Å². The van der Waals surface area contributed by atoms with Crippen molar-refractivity contribution in [2.75, 3.05) is 6.54 Å². The molecule has 0 amide bonds. The minimum absolute atomic E-state index is 0.125. The average Bonchev–Trinajstić information content (AvgIpc) is 3.15. The van der Waals surface area contributed by atoms with Crippen LogP contribution in [0.25, 0.3) is 10.4 Å². The Morgan fingerprint density at radius 3 is 2.73 bits per heavy atom. The summed E-state index contributed by atoms with van der Waals surface area (Å²) in [6.45, 7) is 4.96. The maximum absolute atomic E-state index is 11.3. The molecule has 1 unspecified atom stereocenters. The van der Waals surface area contributed by atoms with E-state index in [4.69, 9.17) is 0 Å². The molecule has 4 nitrogen and oxygen atoms in total. The van der Waals surface area contributed by atoms with Crippen LogP contribution < -0.4 is 0 Å². The van der Waals surface area contributed by atoms with Crippen molar-refractivity contribution >= 4 is 17.3 Å². The molecule has 0 radical (unpaired) electrons. The molecule has 0 aliphatic carbocycles.